The fourth-order valence-corrected chi connectivity index (χ4v) is 4.99. The lowest BCUT2D eigenvalue weighted by Gasteiger charge is -2.05. The van der Waals surface area contributed by atoms with Gasteiger partial charge < -0.3 is 10.5 Å². The van der Waals surface area contributed by atoms with Gasteiger partial charge in [0.25, 0.3) is 0 Å². The van der Waals surface area contributed by atoms with Crippen LogP contribution in [0.15, 0.2) is 75.7 Å². The number of nitrogens with two attached hydrogens (primary N) is 1. The maximum absolute atomic E-state index is 11.8. The molecule has 6 heteroatoms. The summed E-state index contributed by atoms with van der Waals surface area (Å²) in [6, 6.07) is 13.9. The summed E-state index contributed by atoms with van der Waals surface area (Å²) in [4.78, 5) is 19.1. The van der Waals surface area contributed by atoms with Crippen LogP contribution < -0.4 is 5.73 Å². The summed E-state index contributed by atoms with van der Waals surface area (Å²) in [5.74, 6) is -0.0368. The predicted molar refractivity (Wildman–Crippen MR) is 124 cm³/mol. The first kappa shape index (κ1) is 20.9. The van der Waals surface area contributed by atoms with E-state index in [4.69, 9.17) is 10.5 Å². The molecule has 0 radical (unpaired) electrons. The van der Waals surface area contributed by atoms with Crippen molar-refractivity contribution in [2.75, 3.05) is 7.11 Å². The highest BCUT2D eigenvalue weighted by Gasteiger charge is 2.11. The van der Waals surface area contributed by atoms with Gasteiger partial charge in [-0.2, -0.15) is 0 Å². The van der Waals surface area contributed by atoms with Crippen molar-refractivity contribution in [3.05, 3.63) is 76.9 Å². The van der Waals surface area contributed by atoms with Gasteiger partial charge in [0.2, 0.25) is 0 Å². The second kappa shape index (κ2) is 9.11. The van der Waals surface area contributed by atoms with Gasteiger partial charge in [-0.1, -0.05) is 24.4 Å². The van der Waals surface area contributed by atoms with E-state index >= 15 is 0 Å². The maximum atomic E-state index is 11.8. The molecule has 148 valence electrons. The molecule has 3 aromatic rings. The van der Waals surface area contributed by atoms with Crippen molar-refractivity contribution in [1.82, 2.24) is 0 Å². The quantitative estimate of drug-likeness (QED) is 0.388. The SMILES string of the molecule is C=C(N)/N=C\C=C(/C)c1sc2ccc(Sc3cccc(C(=O)OC)c3)cc2c1C. The number of allylic oxidation sites excluding steroid dienone is 2. The van der Waals surface area contributed by atoms with Crippen molar-refractivity contribution in [3.8, 4) is 0 Å². The Morgan fingerprint density at radius 1 is 1.24 bits per heavy atom. The number of aliphatic imine (C=N–C) groups is 1. The van der Waals surface area contributed by atoms with E-state index in [0.29, 0.717) is 11.4 Å². The Morgan fingerprint density at radius 3 is 2.72 bits per heavy atom. The number of hydrogen-bond donors (Lipinski definition) is 1. The minimum atomic E-state index is -0.328. The number of nitrogens with zero attached hydrogens (tertiary/aromatic N) is 1. The van der Waals surface area contributed by atoms with Gasteiger partial charge in [0.1, 0.15) is 5.82 Å². The topological polar surface area (TPSA) is 64.7 Å². The first-order valence-corrected chi connectivity index (χ1v) is 10.6. The Balaban J connectivity index is 1.90. The molecule has 0 amide bonds. The lowest BCUT2D eigenvalue weighted by molar-refractivity contribution is 0.0600. The summed E-state index contributed by atoms with van der Waals surface area (Å²) in [5, 5.41) is 1.23. The van der Waals surface area contributed by atoms with Crippen LogP contribution in [0.5, 0.6) is 0 Å². The van der Waals surface area contributed by atoms with Crippen molar-refractivity contribution in [2.24, 2.45) is 10.7 Å². The molecule has 0 bridgehead atoms. The van der Waals surface area contributed by atoms with Crippen LogP contribution in [0.1, 0.15) is 27.7 Å². The summed E-state index contributed by atoms with van der Waals surface area (Å²) in [6.45, 7) is 7.77. The largest absolute Gasteiger partial charge is 0.465 e. The molecule has 2 aromatic carbocycles. The van der Waals surface area contributed by atoms with Crippen molar-refractivity contribution in [3.63, 3.8) is 0 Å². The van der Waals surface area contributed by atoms with Crippen LogP contribution in [0, 0.1) is 6.92 Å². The highest BCUT2D eigenvalue weighted by Crippen LogP contribution is 2.38. The smallest absolute Gasteiger partial charge is 0.337 e. The molecule has 1 aromatic heterocycles. The van der Waals surface area contributed by atoms with Crippen LogP contribution in [-0.2, 0) is 4.74 Å². The Hall–Kier alpha value is -2.83. The molecule has 0 unspecified atom stereocenters. The summed E-state index contributed by atoms with van der Waals surface area (Å²) in [6.07, 6.45) is 3.63. The number of hydrogen-bond acceptors (Lipinski definition) is 6. The highest BCUT2D eigenvalue weighted by atomic mass is 32.2. The lowest BCUT2D eigenvalue weighted by Crippen LogP contribution is -2.00. The number of carbonyl (C=O) groups excluding carboxylic acids is 1. The molecule has 0 spiro atoms. The second-order valence-corrected chi connectivity index (χ2v) is 8.65. The van der Waals surface area contributed by atoms with Crippen LogP contribution in [0.2, 0.25) is 0 Å². The third-order valence-corrected chi connectivity index (χ3v) is 6.71. The normalized spacial score (nSPS) is 11.9. The first-order valence-electron chi connectivity index (χ1n) is 8.94. The van der Waals surface area contributed by atoms with Crippen LogP contribution >= 0.6 is 23.1 Å². The van der Waals surface area contributed by atoms with Crippen LogP contribution in [0.3, 0.4) is 0 Å². The molecule has 3 rings (SSSR count). The number of benzene rings is 2. The van der Waals surface area contributed by atoms with Crippen LogP contribution in [0.4, 0.5) is 0 Å². The Morgan fingerprint density at radius 2 is 2.00 bits per heavy atom. The first-order chi connectivity index (χ1) is 13.9. The zero-order chi connectivity index (χ0) is 21.0. The van der Waals surface area contributed by atoms with Crippen molar-refractivity contribution < 1.29 is 9.53 Å². The minimum Gasteiger partial charge on any atom is -0.465 e. The molecular weight excluding hydrogens is 400 g/mol. The number of ether oxygens (including phenoxy) is 1. The fraction of sp³-hybridized carbons (Fsp3) is 0.130. The Labute approximate surface area is 178 Å². The molecule has 0 fully saturated rings. The van der Waals surface area contributed by atoms with Gasteiger partial charge in [-0.25, -0.2) is 9.79 Å². The van der Waals surface area contributed by atoms with Gasteiger partial charge >= 0.3 is 5.97 Å². The second-order valence-electron chi connectivity index (χ2n) is 6.45. The third kappa shape index (κ3) is 4.96. The predicted octanol–water partition coefficient (Wildman–Crippen LogP) is 6.05. The van der Waals surface area contributed by atoms with Gasteiger partial charge in [-0.15, -0.1) is 11.3 Å². The molecular formula is C23H22N2O2S2. The molecule has 0 aliphatic rings. The summed E-state index contributed by atoms with van der Waals surface area (Å²) >= 11 is 3.39. The van der Waals surface area contributed by atoms with Gasteiger partial charge in [0.05, 0.1) is 12.7 Å². The van der Waals surface area contributed by atoms with Crippen molar-refractivity contribution in [2.45, 2.75) is 23.6 Å². The van der Waals surface area contributed by atoms with E-state index in [9.17, 15) is 4.79 Å². The van der Waals surface area contributed by atoms with Crippen LogP contribution in [-0.4, -0.2) is 19.3 Å². The van der Waals surface area contributed by atoms with E-state index in [2.05, 4.69) is 43.6 Å². The molecule has 1 heterocycles. The number of methoxy groups -OCH3 is 1. The lowest BCUT2D eigenvalue weighted by atomic mass is 10.1. The van der Waals surface area contributed by atoms with Crippen molar-refractivity contribution in [1.29, 1.82) is 0 Å². The average molecular weight is 423 g/mol. The molecule has 0 aliphatic carbocycles. The number of esters is 1. The van der Waals surface area contributed by atoms with Gasteiger partial charge in [-0.3, -0.25) is 0 Å². The molecule has 4 nitrogen and oxygen atoms in total. The maximum Gasteiger partial charge on any atom is 0.337 e. The summed E-state index contributed by atoms with van der Waals surface area (Å²) in [5.41, 5.74) is 8.40. The van der Waals surface area contributed by atoms with E-state index in [0.717, 1.165) is 15.4 Å². The van der Waals surface area contributed by atoms with Gasteiger partial charge in [0.15, 0.2) is 0 Å². The number of thiophene rings is 1. The molecule has 29 heavy (non-hydrogen) atoms. The van der Waals surface area contributed by atoms with Gasteiger partial charge in [-0.05, 0) is 72.8 Å². The highest BCUT2D eigenvalue weighted by molar-refractivity contribution is 7.99. The number of aryl methyl sites for hydroxylation is 1. The monoisotopic (exact) mass is 422 g/mol. The number of rotatable bonds is 6. The molecule has 2 N–H and O–H groups in total. The summed E-state index contributed by atoms with van der Waals surface area (Å²) in [7, 11) is 1.39. The minimum absolute atomic E-state index is 0.292. The average Bonchev–Trinajstić information content (AvgIpc) is 3.03. The summed E-state index contributed by atoms with van der Waals surface area (Å²) < 4.78 is 6.04. The Kier molecular flexibility index (Phi) is 6.56. The molecule has 0 aliphatic heterocycles. The Bertz CT molecular complexity index is 1140. The van der Waals surface area contributed by atoms with E-state index < -0.39 is 0 Å². The molecule has 0 saturated heterocycles. The zero-order valence-corrected chi connectivity index (χ0v) is 18.2. The third-order valence-electron chi connectivity index (χ3n) is 4.32. The van der Waals surface area contributed by atoms with E-state index in [1.165, 1.54) is 27.6 Å². The molecule has 0 saturated carbocycles. The standard InChI is InChI=1S/C23H22N2O2S2/c1-14(10-11-25-16(3)24)22-15(2)20-13-19(8-9-21(20)29-22)28-18-7-5-6-17(12-18)23(26)27-4/h5-13H,3,24H2,1-2,4H3/b14-10+,25-11-. The number of carbonyl (C=O) groups is 1. The van der Waals surface area contributed by atoms with Crippen LogP contribution in [0.25, 0.3) is 15.7 Å². The van der Waals surface area contributed by atoms with Crippen molar-refractivity contribution >= 4 is 50.9 Å². The van der Waals surface area contributed by atoms with Gasteiger partial charge in [0, 0.05) is 25.6 Å². The van der Waals surface area contributed by atoms with E-state index in [1.807, 2.05) is 24.3 Å². The molecule has 0 atom stereocenters. The zero-order valence-electron chi connectivity index (χ0n) is 16.6. The van der Waals surface area contributed by atoms with E-state index in [-0.39, 0.29) is 5.97 Å². The van der Waals surface area contributed by atoms with E-state index in [1.54, 1.807) is 35.4 Å². The fourth-order valence-electron chi connectivity index (χ4n) is 2.90. The number of fused-ring (bicyclic) bond motifs is 1.